The summed E-state index contributed by atoms with van der Waals surface area (Å²) < 4.78 is 0. The van der Waals surface area contributed by atoms with Gasteiger partial charge < -0.3 is 5.11 Å². The van der Waals surface area contributed by atoms with Gasteiger partial charge in [-0.3, -0.25) is 9.69 Å². The average molecular weight is 352 g/mol. The monoisotopic (exact) mass is 351 g/mol. The van der Waals surface area contributed by atoms with Gasteiger partial charge in [-0.25, -0.2) is 0 Å². The Morgan fingerprint density at radius 1 is 1.09 bits per heavy atom. The molecule has 0 amide bonds. The molecule has 1 N–H and O–H groups in total. The van der Waals surface area contributed by atoms with Crippen molar-refractivity contribution < 1.29 is 9.90 Å². The van der Waals surface area contributed by atoms with E-state index in [4.69, 9.17) is 11.6 Å². The van der Waals surface area contributed by atoms with Crippen LogP contribution in [-0.4, -0.2) is 29.1 Å². The Hall–Kier alpha value is -1.55. The van der Waals surface area contributed by atoms with Crippen molar-refractivity contribution in [3.05, 3.63) is 70.7 Å². The first kappa shape index (κ1) is 17.8. The Balaban J connectivity index is 0.00000192. The number of nitrogens with zero attached hydrogens (tertiary/aromatic N) is 1. The number of hydrogen-bond donors (Lipinski definition) is 1. The summed E-state index contributed by atoms with van der Waals surface area (Å²) in [7, 11) is 0. The van der Waals surface area contributed by atoms with Crippen molar-refractivity contribution in [1.29, 1.82) is 0 Å². The van der Waals surface area contributed by atoms with E-state index in [9.17, 15) is 9.90 Å². The van der Waals surface area contributed by atoms with Gasteiger partial charge in [0, 0.05) is 30.6 Å². The van der Waals surface area contributed by atoms with E-state index in [2.05, 4.69) is 17.0 Å². The third-order valence-electron chi connectivity index (χ3n) is 4.26. The van der Waals surface area contributed by atoms with Crippen molar-refractivity contribution in [2.75, 3.05) is 13.1 Å². The van der Waals surface area contributed by atoms with Gasteiger partial charge in [-0.15, -0.1) is 12.4 Å². The zero-order valence-electron chi connectivity index (χ0n) is 12.6. The van der Waals surface area contributed by atoms with E-state index in [1.165, 1.54) is 5.56 Å². The van der Waals surface area contributed by atoms with Gasteiger partial charge >= 0.3 is 5.97 Å². The Morgan fingerprint density at radius 2 is 1.74 bits per heavy atom. The summed E-state index contributed by atoms with van der Waals surface area (Å²) in [4.78, 5) is 13.8. The lowest BCUT2D eigenvalue weighted by molar-refractivity contribution is -0.141. The second-order valence-corrected chi connectivity index (χ2v) is 6.22. The van der Waals surface area contributed by atoms with Gasteiger partial charge in [0.25, 0.3) is 0 Å². The van der Waals surface area contributed by atoms with Crippen LogP contribution in [-0.2, 0) is 11.3 Å². The number of halogens is 2. The number of carboxylic acid groups (broad SMARTS) is 1. The normalized spacial score (nSPS) is 20.9. The Bertz CT molecular complexity index is 646. The molecule has 0 aromatic heterocycles. The number of likely N-dealkylation sites (tertiary alicyclic amines) is 1. The van der Waals surface area contributed by atoms with Crippen LogP contribution in [0, 0.1) is 5.92 Å². The van der Waals surface area contributed by atoms with Crippen LogP contribution in [0.1, 0.15) is 17.0 Å². The molecule has 5 heteroatoms. The highest BCUT2D eigenvalue weighted by molar-refractivity contribution is 6.30. The van der Waals surface area contributed by atoms with Gasteiger partial charge in [-0.05, 0) is 23.3 Å². The minimum absolute atomic E-state index is 0. The van der Waals surface area contributed by atoms with Gasteiger partial charge in [-0.1, -0.05) is 54.1 Å². The van der Waals surface area contributed by atoms with E-state index in [1.54, 1.807) is 0 Å². The molecule has 2 unspecified atom stereocenters. The van der Waals surface area contributed by atoms with Gasteiger partial charge in [-0.2, -0.15) is 0 Å². The highest BCUT2D eigenvalue weighted by atomic mass is 35.5. The van der Waals surface area contributed by atoms with Crippen LogP contribution in [0.15, 0.2) is 54.6 Å². The molecule has 0 bridgehead atoms. The van der Waals surface area contributed by atoms with Crippen molar-refractivity contribution in [3.63, 3.8) is 0 Å². The zero-order chi connectivity index (χ0) is 15.5. The molecule has 0 saturated carbocycles. The van der Waals surface area contributed by atoms with Crippen LogP contribution in [0.4, 0.5) is 0 Å². The largest absolute Gasteiger partial charge is 0.481 e. The molecule has 122 valence electrons. The van der Waals surface area contributed by atoms with Crippen molar-refractivity contribution in [1.82, 2.24) is 4.90 Å². The molecular weight excluding hydrogens is 333 g/mol. The highest BCUT2D eigenvalue weighted by Crippen LogP contribution is 2.34. The topological polar surface area (TPSA) is 40.5 Å². The molecule has 23 heavy (non-hydrogen) atoms. The number of benzene rings is 2. The van der Waals surface area contributed by atoms with Crippen molar-refractivity contribution in [2.45, 2.75) is 12.5 Å². The molecule has 1 fully saturated rings. The summed E-state index contributed by atoms with van der Waals surface area (Å²) >= 11 is 5.93. The first-order valence-electron chi connectivity index (χ1n) is 7.38. The number of aliphatic carboxylic acids is 1. The number of carboxylic acids is 1. The molecule has 3 nitrogen and oxygen atoms in total. The summed E-state index contributed by atoms with van der Waals surface area (Å²) in [5.41, 5.74) is 2.26. The highest BCUT2D eigenvalue weighted by Gasteiger charge is 2.38. The Labute approximate surface area is 147 Å². The van der Waals surface area contributed by atoms with Crippen LogP contribution in [0.2, 0.25) is 5.02 Å². The minimum Gasteiger partial charge on any atom is -0.481 e. The van der Waals surface area contributed by atoms with E-state index in [1.807, 2.05) is 42.5 Å². The minimum atomic E-state index is -0.726. The Kier molecular flexibility index (Phi) is 6.05. The second kappa shape index (κ2) is 7.82. The van der Waals surface area contributed by atoms with E-state index in [0.717, 1.165) is 18.7 Å². The molecule has 1 aliphatic rings. The van der Waals surface area contributed by atoms with E-state index in [-0.39, 0.29) is 24.2 Å². The van der Waals surface area contributed by atoms with E-state index in [0.29, 0.717) is 11.6 Å². The fraction of sp³-hybridized carbons (Fsp3) is 0.278. The lowest BCUT2D eigenvalue weighted by atomic mass is 9.89. The molecule has 1 saturated heterocycles. The third kappa shape index (κ3) is 4.25. The molecule has 2 aromatic rings. The number of rotatable bonds is 4. The standard InChI is InChI=1S/C18H18ClNO2.ClH/c19-15-8-6-14(7-9-15)16-11-20(12-17(16)18(21)22)10-13-4-2-1-3-5-13;/h1-9,16-17H,10-12H2,(H,21,22);1H. The second-order valence-electron chi connectivity index (χ2n) is 5.78. The molecule has 1 heterocycles. The SMILES string of the molecule is Cl.O=C(O)C1CN(Cc2ccccc2)CC1c1ccc(Cl)cc1. The zero-order valence-corrected chi connectivity index (χ0v) is 14.1. The van der Waals surface area contributed by atoms with Gasteiger partial charge in [0.05, 0.1) is 5.92 Å². The smallest absolute Gasteiger partial charge is 0.308 e. The molecule has 0 aliphatic carbocycles. The van der Waals surface area contributed by atoms with E-state index < -0.39 is 5.97 Å². The predicted octanol–water partition coefficient (Wildman–Crippen LogP) is 4.06. The fourth-order valence-electron chi connectivity index (χ4n) is 3.15. The average Bonchev–Trinajstić information content (AvgIpc) is 2.93. The fourth-order valence-corrected chi connectivity index (χ4v) is 3.28. The molecule has 2 aromatic carbocycles. The molecule has 1 aliphatic heterocycles. The van der Waals surface area contributed by atoms with Crippen molar-refractivity contribution >= 4 is 30.0 Å². The van der Waals surface area contributed by atoms with Crippen LogP contribution >= 0.6 is 24.0 Å². The summed E-state index contributed by atoms with van der Waals surface area (Å²) in [6, 6.07) is 17.7. The number of hydrogen-bond acceptors (Lipinski definition) is 2. The summed E-state index contributed by atoms with van der Waals surface area (Å²) in [6.07, 6.45) is 0. The van der Waals surface area contributed by atoms with Crippen LogP contribution in [0.25, 0.3) is 0 Å². The van der Waals surface area contributed by atoms with Crippen molar-refractivity contribution in [2.24, 2.45) is 5.92 Å². The predicted molar refractivity (Wildman–Crippen MR) is 94.3 cm³/mol. The molecule has 0 spiro atoms. The van der Waals surface area contributed by atoms with Crippen LogP contribution in [0.3, 0.4) is 0 Å². The summed E-state index contributed by atoms with van der Waals surface area (Å²) in [5, 5.41) is 10.2. The van der Waals surface area contributed by atoms with Crippen LogP contribution in [0.5, 0.6) is 0 Å². The summed E-state index contributed by atoms with van der Waals surface area (Å²) in [5.74, 6) is -1.08. The van der Waals surface area contributed by atoms with Crippen LogP contribution < -0.4 is 0 Å². The quantitative estimate of drug-likeness (QED) is 0.902. The summed E-state index contributed by atoms with van der Waals surface area (Å²) in [6.45, 7) is 2.12. The maximum atomic E-state index is 11.6. The molecule has 3 rings (SSSR count). The lowest BCUT2D eigenvalue weighted by Gasteiger charge is -2.16. The maximum absolute atomic E-state index is 11.6. The molecule has 2 atom stereocenters. The van der Waals surface area contributed by atoms with Gasteiger partial charge in [0.1, 0.15) is 0 Å². The Morgan fingerprint density at radius 3 is 2.35 bits per heavy atom. The first-order valence-corrected chi connectivity index (χ1v) is 7.76. The lowest BCUT2D eigenvalue weighted by Crippen LogP contribution is -2.23. The third-order valence-corrected chi connectivity index (χ3v) is 4.51. The molecule has 0 radical (unpaired) electrons. The van der Waals surface area contributed by atoms with Gasteiger partial charge in [0.2, 0.25) is 0 Å². The van der Waals surface area contributed by atoms with Gasteiger partial charge in [0.15, 0.2) is 0 Å². The number of carbonyl (C=O) groups is 1. The van der Waals surface area contributed by atoms with Crippen molar-refractivity contribution in [3.8, 4) is 0 Å². The van der Waals surface area contributed by atoms with E-state index >= 15 is 0 Å². The first-order chi connectivity index (χ1) is 10.6. The maximum Gasteiger partial charge on any atom is 0.308 e. The molecular formula is C18H19Cl2NO2.